The molecule has 0 fully saturated rings. The number of carboxylic acid groups (broad SMARTS) is 1. The molecule has 0 aliphatic heterocycles. The van der Waals surface area contributed by atoms with Crippen molar-refractivity contribution in [2.24, 2.45) is 22.2 Å². The SMILES string of the molecule is [2H]N[C@@H](Cc1ccc(O)cc1)C(=O)N[C@@H](CCCN=C(N)N)C(=O)O. The number of nitrogens with zero attached hydrogens (tertiary/aromatic N) is 1. The molecule has 0 spiro atoms. The molecule has 0 heterocycles. The van der Waals surface area contributed by atoms with Crippen LogP contribution in [0.25, 0.3) is 0 Å². The van der Waals surface area contributed by atoms with Crippen LogP contribution in [0.3, 0.4) is 0 Å². The smallest absolute Gasteiger partial charge is 0.326 e. The summed E-state index contributed by atoms with van der Waals surface area (Å²) < 4.78 is 7.30. The highest BCUT2D eigenvalue weighted by atomic mass is 16.4. The molecule has 0 aliphatic carbocycles. The Labute approximate surface area is 141 Å². The molecule has 132 valence electrons. The summed E-state index contributed by atoms with van der Waals surface area (Å²) in [5.74, 6) is -1.76. The summed E-state index contributed by atoms with van der Waals surface area (Å²) in [4.78, 5) is 27.3. The standard InChI is InChI=1S/C15H23N5O4/c16-11(8-9-3-5-10(21)6-4-9)13(22)20-12(14(23)24)2-1-7-19-15(17)18/h3-6,11-12,21H,1-2,7-8,16H2,(H,20,22)(H,23,24)(H4,17,18,19)/t11-,12-/m0/s1/i/hD. The number of nitrogens with two attached hydrogens (primary N) is 3. The monoisotopic (exact) mass is 338 g/mol. The number of rotatable bonds is 10. The third-order valence-electron chi connectivity index (χ3n) is 3.25. The lowest BCUT2D eigenvalue weighted by Gasteiger charge is -2.17. The summed E-state index contributed by atoms with van der Waals surface area (Å²) in [5.41, 5.74) is 13.2. The van der Waals surface area contributed by atoms with Crippen LogP contribution >= 0.6 is 0 Å². The number of nitrogens with one attached hydrogen (secondary N) is 1. The van der Waals surface area contributed by atoms with E-state index in [9.17, 15) is 19.8 Å². The minimum absolute atomic E-state index is 0.0803. The minimum Gasteiger partial charge on any atom is -0.508 e. The second-order valence-corrected chi connectivity index (χ2v) is 5.27. The van der Waals surface area contributed by atoms with Crippen molar-refractivity contribution in [3.05, 3.63) is 29.8 Å². The van der Waals surface area contributed by atoms with Crippen LogP contribution in [0, 0.1) is 0 Å². The van der Waals surface area contributed by atoms with Crippen molar-refractivity contribution in [1.82, 2.24) is 5.32 Å². The molecule has 0 saturated heterocycles. The summed E-state index contributed by atoms with van der Waals surface area (Å²) in [6, 6.07) is 4.16. The van der Waals surface area contributed by atoms with Crippen molar-refractivity contribution < 1.29 is 21.2 Å². The van der Waals surface area contributed by atoms with Crippen LogP contribution in [0.4, 0.5) is 0 Å². The summed E-state index contributed by atoms with van der Waals surface area (Å²) >= 11 is 0. The maximum Gasteiger partial charge on any atom is 0.326 e. The number of aromatic hydroxyl groups is 1. The first-order valence-corrected chi connectivity index (χ1v) is 7.37. The molecule has 1 aromatic rings. The van der Waals surface area contributed by atoms with Crippen molar-refractivity contribution in [2.75, 3.05) is 6.54 Å². The molecule has 0 aromatic heterocycles. The molecule has 9 N–H and O–H groups in total. The van der Waals surface area contributed by atoms with Crippen LogP contribution in [0.15, 0.2) is 29.3 Å². The second kappa shape index (κ2) is 9.36. The second-order valence-electron chi connectivity index (χ2n) is 5.27. The first kappa shape index (κ1) is 17.5. The average Bonchev–Trinajstić information content (AvgIpc) is 2.56. The van der Waals surface area contributed by atoms with Gasteiger partial charge < -0.3 is 32.7 Å². The van der Waals surface area contributed by atoms with Gasteiger partial charge in [-0.05, 0) is 37.0 Å². The normalized spacial score (nSPS) is 13.4. The van der Waals surface area contributed by atoms with E-state index in [1.165, 1.54) is 12.1 Å². The van der Waals surface area contributed by atoms with Gasteiger partial charge in [0.1, 0.15) is 13.2 Å². The molecular weight excluding hydrogens is 314 g/mol. The molecule has 0 saturated carbocycles. The molecule has 1 aromatic carbocycles. The van der Waals surface area contributed by atoms with E-state index < -0.39 is 24.0 Å². The molecule has 0 unspecified atom stereocenters. The fourth-order valence-electron chi connectivity index (χ4n) is 1.99. The van der Waals surface area contributed by atoms with Gasteiger partial charge in [0.05, 0.1) is 6.04 Å². The van der Waals surface area contributed by atoms with Gasteiger partial charge in [-0.1, -0.05) is 12.1 Å². The van der Waals surface area contributed by atoms with E-state index in [2.05, 4.69) is 16.0 Å². The van der Waals surface area contributed by atoms with Crippen molar-refractivity contribution in [2.45, 2.75) is 31.3 Å². The molecule has 0 aliphatic rings. The number of guanidine groups is 1. The fourth-order valence-corrected chi connectivity index (χ4v) is 1.99. The van der Waals surface area contributed by atoms with Gasteiger partial charge in [-0.2, -0.15) is 0 Å². The molecule has 24 heavy (non-hydrogen) atoms. The van der Waals surface area contributed by atoms with Gasteiger partial charge in [-0.15, -0.1) is 0 Å². The highest BCUT2D eigenvalue weighted by Crippen LogP contribution is 2.11. The van der Waals surface area contributed by atoms with E-state index in [0.717, 1.165) is 5.56 Å². The summed E-state index contributed by atoms with van der Waals surface area (Å²) in [7, 11) is 0. The topological polar surface area (TPSA) is 177 Å². The van der Waals surface area contributed by atoms with E-state index in [1.54, 1.807) is 12.1 Å². The maximum absolute atomic E-state index is 12.2. The van der Waals surface area contributed by atoms with E-state index >= 15 is 0 Å². The number of amides is 1. The number of carbonyl (C=O) groups is 2. The first-order chi connectivity index (χ1) is 11.8. The predicted octanol–water partition coefficient (Wildman–Crippen LogP) is -1.11. The zero-order valence-corrected chi connectivity index (χ0v) is 13.1. The number of aliphatic carboxylic acids is 1. The van der Waals surface area contributed by atoms with Crippen LogP contribution in [0.5, 0.6) is 5.75 Å². The average molecular weight is 338 g/mol. The number of phenolic OH excluding ortho intramolecular Hbond substituents is 1. The molecular formula is C15H23N5O4. The van der Waals surface area contributed by atoms with E-state index in [4.69, 9.17) is 12.9 Å². The Balaban J connectivity index is 2.61. The number of phenols is 1. The van der Waals surface area contributed by atoms with Crippen LogP contribution < -0.4 is 22.5 Å². The Morgan fingerprint density at radius 3 is 2.50 bits per heavy atom. The number of hydrogen-bond donors (Lipinski definition) is 6. The number of carbonyl (C=O) groups excluding carboxylic acids is 1. The molecule has 9 heteroatoms. The highest BCUT2D eigenvalue weighted by Gasteiger charge is 2.23. The molecule has 9 nitrogen and oxygen atoms in total. The zero-order valence-electron chi connectivity index (χ0n) is 14.1. The number of benzene rings is 1. The van der Waals surface area contributed by atoms with Crippen LogP contribution in [-0.2, 0) is 16.0 Å². The van der Waals surface area contributed by atoms with E-state index in [0.29, 0.717) is 6.42 Å². The Kier molecular flexibility index (Phi) is 6.84. The quantitative estimate of drug-likeness (QED) is 0.178. The van der Waals surface area contributed by atoms with Crippen LogP contribution in [0.2, 0.25) is 1.41 Å². The third-order valence-corrected chi connectivity index (χ3v) is 3.25. The molecule has 0 bridgehead atoms. The van der Waals surface area contributed by atoms with Gasteiger partial charge in [0, 0.05) is 6.54 Å². The van der Waals surface area contributed by atoms with Crippen molar-refractivity contribution in [3.63, 3.8) is 0 Å². The predicted molar refractivity (Wildman–Crippen MR) is 89.3 cm³/mol. The number of carboxylic acids is 1. The Bertz CT molecular complexity index is 604. The van der Waals surface area contributed by atoms with Gasteiger partial charge in [0.15, 0.2) is 5.96 Å². The lowest BCUT2D eigenvalue weighted by atomic mass is 10.0. The third kappa shape index (κ3) is 6.97. The zero-order chi connectivity index (χ0) is 18.8. The van der Waals surface area contributed by atoms with Crippen molar-refractivity contribution in [1.29, 1.82) is 0 Å². The van der Waals surface area contributed by atoms with Gasteiger partial charge in [0.25, 0.3) is 0 Å². The molecule has 1 rings (SSSR count). The van der Waals surface area contributed by atoms with E-state index in [-0.39, 0.29) is 31.1 Å². The van der Waals surface area contributed by atoms with Gasteiger partial charge in [-0.3, -0.25) is 9.79 Å². The highest BCUT2D eigenvalue weighted by molar-refractivity contribution is 5.87. The molecule has 2 atom stereocenters. The first-order valence-electron chi connectivity index (χ1n) is 7.87. The van der Waals surface area contributed by atoms with E-state index in [1.807, 2.05) is 0 Å². The lowest BCUT2D eigenvalue weighted by Crippen LogP contribution is -2.49. The summed E-state index contributed by atoms with van der Waals surface area (Å²) in [6.07, 6.45) is 0.712. The van der Waals surface area contributed by atoms with Gasteiger partial charge in [-0.25, -0.2) is 4.79 Å². The Hall–Kier alpha value is -2.81. The Morgan fingerprint density at radius 2 is 1.96 bits per heavy atom. The molecule has 0 radical (unpaired) electrons. The Morgan fingerprint density at radius 1 is 1.29 bits per heavy atom. The number of aliphatic imine (C=N–C) groups is 1. The van der Waals surface area contributed by atoms with Crippen LogP contribution in [0.1, 0.15) is 18.4 Å². The van der Waals surface area contributed by atoms with Gasteiger partial charge in [0.2, 0.25) is 5.91 Å². The van der Waals surface area contributed by atoms with Crippen molar-refractivity contribution >= 4 is 17.8 Å². The maximum atomic E-state index is 12.2. The fraction of sp³-hybridized carbons (Fsp3) is 0.400. The van der Waals surface area contributed by atoms with Crippen LogP contribution in [-0.4, -0.2) is 46.7 Å². The summed E-state index contributed by atoms with van der Waals surface area (Å²) in [6.45, 7) is 0.260. The minimum atomic E-state index is -1.17. The number of hydrogen-bond acceptors (Lipinski definition) is 5. The summed E-state index contributed by atoms with van der Waals surface area (Å²) in [5, 5.41) is 20.9. The molecule has 1 amide bonds. The van der Waals surface area contributed by atoms with Crippen molar-refractivity contribution in [3.8, 4) is 5.75 Å². The van der Waals surface area contributed by atoms with Gasteiger partial charge >= 0.3 is 5.97 Å². The lowest BCUT2D eigenvalue weighted by molar-refractivity contribution is -0.142. The largest absolute Gasteiger partial charge is 0.508 e.